The van der Waals surface area contributed by atoms with Crippen molar-refractivity contribution in [3.05, 3.63) is 52.0 Å². The van der Waals surface area contributed by atoms with E-state index in [0.717, 1.165) is 4.47 Å². The van der Waals surface area contributed by atoms with Crippen LogP contribution in [0.4, 0.5) is 5.69 Å². The van der Waals surface area contributed by atoms with Crippen molar-refractivity contribution in [2.45, 2.75) is 12.5 Å². The predicted molar refractivity (Wildman–Crippen MR) is 87.5 cm³/mol. The van der Waals surface area contributed by atoms with Crippen LogP contribution in [0.5, 0.6) is 11.5 Å². The van der Waals surface area contributed by atoms with Crippen molar-refractivity contribution in [1.82, 2.24) is 5.32 Å². The van der Waals surface area contributed by atoms with Crippen molar-refractivity contribution in [2.75, 3.05) is 5.32 Å². The van der Waals surface area contributed by atoms with E-state index in [2.05, 4.69) is 26.6 Å². The van der Waals surface area contributed by atoms with E-state index in [-0.39, 0.29) is 29.7 Å². The third-order valence-electron chi connectivity index (χ3n) is 3.59. The molecule has 23 heavy (non-hydrogen) atoms. The highest BCUT2D eigenvalue weighted by atomic mass is 79.9. The third kappa shape index (κ3) is 3.14. The van der Waals surface area contributed by atoms with Crippen LogP contribution in [0.15, 0.2) is 40.9 Å². The first-order valence-corrected chi connectivity index (χ1v) is 7.65. The fourth-order valence-corrected chi connectivity index (χ4v) is 2.77. The molecular formula is C16H13BrN2O4. The Labute approximate surface area is 140 Å². The zero-order chi connectivity index (χ0) is 16.6. The molecule has 0 spiro atoms. The number of phenolic OH excluding ortho intramolecular Hbond substituents is 2. The Bertz CT molecular complexity index is 807. The molecule has 2 aromatic rings. The highest BCUT2D eigenvalue weighted by Crippen LogP contribution is 2.27. The molecule has 2 amide bonds. The van der Waals surface area contributed by atoms with Crippen LogP contribution in [0.1, 0.15) is 15.9 Å². The van der Waals surface area contributed by atoms with Crippen LogP contribution < -0.4 is 10.6 Å². The summed E-state index contributed by atoms with van der Waals surface area (Å²) < 4.78 is 0.738. The lowest BCUT2D eigenvalue weighted by Crippen LogP contribution is -2.42. The number of carbonyl (C=O) groups excluding carboxylic acids is 2. The number of halogens is 1. The first-order chi connectivity index (χ1) is 10.9. The van der Waals surface area contributed by atoms with E-state index < -0.39 is 6.04 Å². The fraction of sp³-hybridized carbons (Fsp3) is 0.125. The standard InChI is InChI=1S/C16H13BrN2O4/c17-9-2-3-11-10(7-9)15(22)19-12(16(23)18-11)5-8-1-4-13(20)14(21)6-8/h1-4,6-7,12,20-21H,5H2,(H,18,23)(H,19,22)/t12-/m0/s1. The Hall–Kier alpha value is -2.54. The SMILES string of the molecule is O=C1N[C@@H](Cc2ccc(O)c(O)c2)C(=O)Nc2ccc(Br)cc21. The van der Waals surface area contributed by atoms with E-state index in [9.17, 15) is 19.8 Å². The normalized spacial score (nSPS) is 17.0. The molecule has 0 radical (unpaired) electrons. The van der Waals surface area contributed by atoms with Crippen molar-refractivity contribution in [3.63, 3.8) is 0 Å². The van der Waals surface area contributed by atoms with Crippen LogP contribution in [-0.4, -0.2) is 28.1 Å². The maximum absolute atomic E-state index is 12.3. The maximum Gasteiger partial charge on any atom is 0.254 e. The molecule has 1 atom stereocenters. The zero-order valence-corrected chi connectivity index (χ0v) is 13.4. The van der Waals surface area contributed by atoms with Gasteiger partial charge in [-0.3, -0.25) is 9.59 Å². The fourth-order valence-electron chi connectivity index (χ4n) is 2.41. The second-order valence-electron chi connectivity index (χ2n) is 5.23. The van der Waals surface area contributed by atoms with Gasteiger partial charge in [0.1, 0.15) is 6.04 Å². The van der Waals surface area contributed by atoms with Gasteiger partial charge in [0.15, 0.2) is 11.5 Å². The topological polar surface area (TPSA) is 98.7 Å². The second-order valence-corrected chi connectivity index (χ2v) is 6.15. The summed E-state index contributed by atoms with van der Waals surface area (Å²) in [6.45, 7) is 0. The van der Waals surface area contributed by atoms with E-state index in [4.69, 9.17) is 0 Å². The Morgan fingerprint density at radius 2 is 1.83 bits per heavy atom. The first-order valence-electron chi connectivity index (χ1n) is 6.86. The first kappa shape index (κ1) is 15.4. The molecule has 0 fully saturated rings. The molecule has 0 aromatic heterocycles. The number of fused-ring (bicyclic) bond motifs is 1. The summed E-state index contributed by atoms with van der Waals surface area (Å²) in [5, 5.41) is 24.3. The number of carbonyl (C=O) groups is 2. The summed E-state index contributed by atoms with van der Waals surface area (Å²) in [5.74, 6) is -1.20. The third-order valence-corrected chi connectivity index (χ3v) is 4.08. The highest BCUT2D eigenvalue weighted by molar-refractivity contribution is 9.10. The van der Waals surface area contributed by atoms with Gasteiger partial charge in [-0.05, 0) is 35.9 Å². The minimum Gasteiger partial charge on any atom is -0.504 e. The molecule has 0 aliphatic carbocycles. The summed E-state index contributed by atoms with van der Waals surface area (Å²) in [5.41, 5.74) is 1.45. The van der Waals surface area contributed by atoms with Gasteiger partial charge in [-0.15, -0.1) is 0 Å². The molecule has 1 aliphatic heterocycles. The van der Waals surface area contributed by atoms with E-state index in [1.165, 1.54) is 12.1 Å². The van der Waals surface area contributed by atoms with Crippen LogP contribution >= 0.6 is 15.9 Å². The number of phenols is 2. The minimum absolute atomic E-state index is 0.195. The van der Waals surface area contributed by atoms with Crippen LogP contribution in [0.2, 0.25) is 0 Å². The summed E-state index contributed by atoms with van der Waals surface area (Å²) in [7, 11) is 0. The maximum atomic E-state index is 12.3. The van der Waals surface area contributed by atoms with Gasteiger partial charge >= 0.3 is 0 Å². The number of aromatic hydroxyl groups is 2. The van der Waals surface area contributed by atoms with Crippen LogP contribution in [0.3, 0.4) is 0 Å². The predicted octanol–water partition coefficient (Wildman–Crippen LogP) is 2.15. The summed E-state index contributed by atoms with van der Waals surface area (Å²) >= 11 is 3.30. The number of anilines is 1. The van der Waals surface area contributed by atoms with Gasteiger partial charge in [0.25, 0.3) is 5.91 Å². The molecule has 7 heteroatoms. The number of benzene rings is 2. The zero-order valence-electron chi connectivity index (χ0n) is 11.8. The number of rotatable bonds is 2. The Balaban J connectivity index is 1.86. The molecular weight excluding hydrogens is 364 g/mol. The molecule has 4 N–H and O–H groups in total. The molecule has 3 rings (SSSR count). The number of hydrogen-bond acceptors (Lipinski definition) is 4. The molecule has 0 bridgehead atoms. The Kier molecular flexibility index (Phi) is 3.96. The smallest absolute Gasteiger partial charge is 0.254 e. The minimum atomic E-state index is -0.780. The van der Waals surface area contributed by atoms with E-state index in [1.807, 2.05) is 0 Å². The largest absolute Gasteiger partial charge is 0.504 e. The van der Waals surface area contributed by atoms with Gasteiger partial charge < -0.3 is 20.8 Å². The van der Waals surface area contributed by atoms with Crippen LogP contribution in [0, 0.1) is 0 Å². The lowest BCUT2D eigenvalue weighted by Gasteiger charge is -2.14. The van der Waals surface area contributed by atoms with Crippen molar-refractivity contribution in [3.8, 4) is 11.5 Å². The van der Waals surface area contributed by atoms with E-state index in [0.29, 0.717) is 16.8 Å². The van der Waals surface area contributed by atoms with Gasteiger partial charge in [-0.1, -0.05) is 22.0 Å². The lowest BCUT2D eigenvalue weighted by atomic mass is 10.0. The van der Waals surface area contributed by atoms with Crippen molar-refractivity contribution in [1.29, 1.82) is 0 Å². The number of nitrogens with one attached hydrogen (secondary N) is 2. The van der Waals surface area contributed by atoms with Crippen LogP contribution in [-0.2, 0) is 11.2 Å². The molecule has 1 aliphatic rings. The molecule has 0 saturated carbocycles. The summed E-state index contributed by atoms with van der Waals surface area (Å²) in [6.07, 6.45) is 0.195. The highest BCUT2D eigenvalue weighted by Gasteiger charge is 2.28. The van der Waals surface area contributed by atoms with Crippen molar-refractivity contribution >= 4 is 33.4 Å². The van der Waals surface area contributed by atoms with E-state index in [1.54, 1.807) is 24.3 Å². The van der Waals surface area contributed by atoms with Gasteiger partial charge in [0, 0.05) is 10.9 Å². The number of hydrogen-bond donors (Lipinski definition) is 4. The van der Waals surface area contributed by atoms with Gasteiger partial charge in [0.05, 0.1) is 11.3 Å². The van der Waals surface area contributed by atoms with Crippen molar-refractivity contribution < 1.29 is 19.8 Å². The van der Waals surface area contributed by atoms with Crippen molar-refractivity contribution in [2.24, 2.45) is 0 Å². The molecule has 2 aromatic carbocycles. The van der Waals surface area contributed by atoms with Gasteiger partial charge in [-0.25, -0.2) is 0 Å². The van der Waals surface area contributed by atoms with E-state index >= 15 is 0 Å². The summed E-state index contributed by atoms with van der Waals surface area (Å²) in [4.78, 5) is 24.6. The van der Waals surface area contributed by atoms with Crippen LogP contribution in [0.25, 0.3) is 0 Å². The lowest BCUT2D eigenvalue weighted by molar-refractivity contribution is -0.117. The van der Waals surface area contributed by atoms with Gasteiger partial charge in [-0.2, -0.15) is 0 Å². The summed E-state index contributed by atoms with van der Waals surface area (Å²) in [6, 6.07) is 8.55. The molecule has 118 valence electrons. The Morgan fingerprint density at radius 3 is 2.57 bits per heavy atom. The Morgan fingerprint density at radius 1 is 1.04 bits per heavy atom. The molecule has 6 nitrogen and oxygen atoms in total. The quantitative estimate of drug-likeness (QED) is 0.603. The average Bonchev–Trinajstić information content (AvgIpc) is 2.61. The van der Waals surface area contributed by atoms with Gasteiger partial charge in [0.2, 0.25) is 5.91 Å². The molecule has 0 saturated heterocycles. The number of amides is 2. The molecule has 1 heterocycles. The second kappa shape index (κ2) is 5.92. The molecule has 0 unspecified atom stereocenters. The average molecular weight is 377 g/mol. The monoisotopic (exact) mass is 376 g/mol.